The first-order valence-corrected chi connectivity index (χ1v) is 20.9. The number of hydrogen-bond donors (Lipinski definition) is 9. The van der Waals surface area contributed by atoms with E-state index in [0.29, 0.717) is 31.5 Å². The molecule has 2 heterocycles. The van der Waals surface area contributed by atoms with Gasteiger partial charge in [0.2, 0.25) is 0 Å². The van der Waals surface area contributed by atoms with Gasteiger partial charge in [-0.25, -0.2) is 0 Å². The molecule has 322 valence electrons. The highest BCUT2D eigenvalue weighted by molar-refractivity contribution is 5.88. The van der Waals surface area contributed by atoms with Crippen LogP contribution in [0.15, 0.2) is 11.6 Å². The molecule has 0 aromatic heterocycles. The Balaban J connectivity index is 1.20. The molecule has 0 aromatic rings. The predicted molar refractivity (Wildman–Crippen MR) is 201 cm³/mol. The van der Waals surface area contributed by atoms with E-state index in [4.69, 9.17) is 18.9 Å². The Morgan fingerprint density at radius 1 is 0.821 bits per heavy atom. The summed E-state index contributed by atoms with van der Waals surface area (Å²) in [5, 5.41) is 95.2. The van der Waals surface area contributed by atoms with E-state index in [0.717, 1.165) is 25.7 Å². The second-order valence-corrected chi connectivity index (χ2v) is 20.0. The number of ether oxygens (including phenoxy) is 4. The van der Waals surface area contributed by atoms with Crippen LogP contribution in [0.4, 0.5) is 0 Å². The summed E-state index contributed by atoms with van der Waals surface area (Å²) in [7, 11) is 0. The molecule has 0 bridgehead atoms. The third-order valence-electron chi connectivity index (χ3n) is 16.3. The van der Waals surface area contributed by atoms with Gasteiger partial charge in [-0.15, -0.1) is 0 Å². The highest BCUT2D eigenvalue weighted by Gasteiger charge is 2.70. The molecular weight excluding hydrogens is 728 g/mol. The van der Waals surface area contributed by atoms with Crippen LogP contribution in [0.1, 0.15) is 107 Å². The fourth-order valence-corrected chi connectivity index (χ4v) is 12.4. The highest BCUT2D eigenvalue weighted by atomic mass is 16.8. The summed E-state index contributed by atoms with van der Waals surface area (Å²) in [6, 6.07) is 0. The zero-order valence-electron chi connectivity index (χ0n) is 34.5. The van der Waals surface area contributed by atoms with Crippen LogP contribution in [0, 0.1) is 45.3 Å². The van der Waals surface area contributed by atoms with Gasteiger partial charge in [0.1, 0.15) is 54.6 Å². The van der Waals surface area contributed by atoms with Crippen LogP contribution in [0.25, 0.3) is 0 Å². The van der Waals surface area contributed by atoms with E-state index in [1.54, 1.807) is 13.8 Å². The van der Waals surface area contributed by atoms with Crippen molar-refractivity contribution in [3.05, 3.63) is 11.6 Å². The first kappa shape index (κ1) is 44.4. The third-order valence-corrected chi connectivity index (χ3v) is 16.3. The number of aliphatic hydroxyl groups excluding tert-OH is 8. The number of aliphatic hydroxyl groups is 9. The maximum atomic E-state index is 14.7. The van der Waals surface area contributed by atoms with Crippen molar-refractivity contribution in [2.24, 2.45) is 45.3 Å². The normalized spacial score (nSPS) is 49.0. The van der Waals surface area contributed by atoms with Gasteiger partial charge in [-0.2, -0.15) is 0 Å². The Labute approximate surface area is 331 Å². The van der Waals surface area contributed by atoms with Crippen molar-refractivity contribution < 1.29 is 69.7 Å². The SMILES string of the molecule is C[C@H](CC[C@@H](O[C@@H]1O[C@H](CO)[C@@H](O)[C@H](O)[C@H]1O[C@H]1O[C@@H](CO)[C@H](O)[C@@H](O)[C@@H]1O)C(C)(C)O)C1CC[C@@]2(C)C3CC=C4C(CC[C@H](O)C4(C)C)[C@]3(C)C(=O)C[C@]12C. The van der Waals surface area contributed by atoms with Crippen molar-refractivity contribution in [3.8, 4) is 0 Å². The number of carbonyl (C=O) groups is 1. The summed E-state index contributed by atoms with van der Waals surface area (Å²) in [5.41, 5.74) is -1.42. The van der Waals surface area contributed by atoms with Crippen molar-refractivity contribution >= 4 is 5.78 Å². The van der Waals surface area contributed by atoms with Gasteiger partial charge < -0.3 is 64.9 Å². The van der Waals surface area contributed by atoms with Gasteiger partial charge in [-0.05, 0) is 93.3 Å². The predicted octanol–water partition coefficient (Wildman–Crippen LogP) is 1.33. The Morgan fingerprint density at radius 2 is 1.43 bits per heavy atom. The number of rotatable bonds is 11. The molecule has 4 aliphatic carbocycles. The molecule has 0 amide bonds. The molecular formula is C42H70O14. The summed E-state index contributed by atoms with van der Waals surface area (Å²) in [4.78, 5) is 14.7. The Hall–Kier alpha value is -1.11. The monoisotopic (exact) mass is 798 g/mol. The fourth-order valence-electron chi connectivity index (χ4n) is 12.4. The van der Waals surface area contributed by atoms with Crippen LogP contribution in [0.5, 0.6) is 0 Å². The average Bonchev–Trinajstić information content (AvgIpc) is 3.40. The van der Waals surface area contributed by atoms with Crippen LogP contribution in [0.2, 0.25) is 0 Å². The molecule has 0 spiro atoms. The summed E-state index contributed by atoms with van der Waals surface area (Å²) < 4.78 is 23.7. The molecule has 19 atom stereocenters. The molecule has 3 saturated carbocycles. The van der Waals surface area contributed by atoms with Crippen LogP contribution >= 0.6 is 0 Å². The maximum absolute atomic E-state index is 14.7. The lowest BCUT2D eigenvalue weighted by atomic mass is 9.38. The van der Waals surface area contributed by atoms with Gasteiger partial charge in [-0.1, -0.05) is 53.2 Å². The molecule has 56 heavy (non-hydrogen) atoms. The number of carbonyl (C=O) groups excluding carboxylic acids is 1. The van der Waals surface area contributed by atoms with Gasteiger partial charge in [0.15, 0.2) is 12.6 Å². The van der Waals surface area contributed by atoms with E-state index >= 15 is 0 Å². The van der Waals surface area contributed by atoms with Crippen molar-refractivity contribution in [3.63, 3.8) is 0 Å². The van der Waals surface area contributed by atoms with E-state index < -0.39 is 97.8 Å². The smallest absolute Gasteiger partial charge is 0.187 e. The average molecular weight is 799 g/mol. The van der Waals surface area contributed by atoms with E-state index in [9.17, 15) is 50.8 Å². The zero-order chi connectivity index (χ0) is 41.5. The number of ketones is 1. The topological polar surface area (TPSA) is 236 Å². The van der Waals surface area contributed by atoms with E-state index in [2.05, 4.69) is 47.6 Å². The Bertz CT molecular complexity index is 1450. The molecule has 3 unspecified atom stereocenters. The van der Waals surface area contributed by atoms with Crippen molar-refractivity contribution in [1.29, 1.82) is 0 Å². The third kappa shape index (κ3) is 7.07. The highest BCUT2D eigenvalue weighted by Crippen LogP contribution is 2.74. The largest absolute Gasteiger partial charge is 0.394 e. The molecule has 6 aliphatic rings. The summed E-state index contributed by atoms with van der Waals surface area (Å²) in [6.07, 6.45) is -9.21. The fraction of sp³-hybridized carbons (Fsp3) is 0.929. The molecule has 14 nitrogen and oxygen atoms in total. The van der Waals surface area contributed by atoms with Gasteiger partial charge in [0, 0.05) is 17.3 Å². The molecule has 14 heteroatoms. The number of Topliss-reactive ketones (excluding diaryl/α,β-unsaturated/α-hetero) is 1. The van der Waals surface area contributed by atoms with Crippen molar-refractivity contribution in [2.45, 2.75) is 186 Å². The van der Waals surface area contributed by atoms with Crippen molar-refractivity contribution in [2.75, 3.05) is 13.2 Å². The van der Waals surface area contributed by atoms with Gasteiger partial charge in [-0.3, -0.25) is 4.79 Å². The second-order valence-electron chi connectivity index (χ2n) is 20.0. The van der Waals surface area contributed by atoms with Crippen LogP contribution in [0.3, 0.4) is 0 Å². The number of fused-ring (bicyclic) bond motifs is 5. The Kier molecular flexibility index (Phi) is 12.5. The summed E-state index contributed by atoms with van der Waals surface area (Å²) in [5.74, 6) is 0.951. The summed E-state index contributed by atoms with van der Waals surface area (Å²) in [6.45, 7) is 15.1. The second kappa shape index (κ2) is 15.7. The lowest BCUT2D eigenvalue weighted by Crippen LogP contribution is -2.65. The molecule has 0 aromatic carbocycles. The molecule has 2 saturated heterocycles. The van der Waals surface area contributed by atoms with Crippen LogP contribution < -0.4 is 0 Å². The van der Waals surface area contributed by atoms with Gasteiger partial charge in [0.05, 0.1) is 31.0 Å². The minimum atomic E-state index is -1.81. The van der Waals surface area contributed by atoms with E-state index in [1.165, 1.54) is 5.57 Å². The quantitative estimate of drug-likeness (QED) is 0.134. The minimum Gasteiger partial charge on any atom is -0.394 e. The van der Waals surface area contributed by atoms with E-state index in [1.807, 2.05) is 0 Å². The molecule has 2 aliphatic heterocycles. The van der Waals surface area contributed by atoms with Crippen LogP contribution in [-0.4, -0.2) is 144 Å². The lowest BCUT2D eigenvalue weighted by Gasteiger charge is -2.64. The first-order chi connectivity index (χ1) is 26.0. The molecule has 9 N–H and O–H groups in total. The Morgan fingerprint density at radius 3 is 2.04 bits per heavy atom. The van der Waals surface area contributed by atoms with Gasteiger partial charge >= 0.3 is 0 Å². The zero-order valence-corrected chi connectivity index (χ0v) is 34.5. The maximum Gasteiger partial charge on any atom is 0.187 e. The van der Waals surface area contributed by atoms with E-state index in [-0.39, 0.29) is 39.9 Å². The molecule has 0 radical (unpaired) electrons. The van der Waals surface area contributed by atoms with Crippen molar-refractivity contribution in [1.82, 2.24) is 0 Å². The standard InChI is InChI=1S/C42H70O14/c1-20(21-15-16-40(6)26-12-10-22-23(11-13-27(45)38(22,2)3)42(26,8)28(46)17-41(21,40)7)9-14-29(39(4,5)52)55-37-35(33(50)31(48)25(19-44)54-37)56-36-34(51)32(49)30(47)24(18-43)53-36/h10,20-21,23-27,29-37,43-45,47-52H,9,11-19H2,1-8H3/t20-,21?,23?,24+,25-,26?,27+,29-,30+,31-,32-,33+,34+,35-,36-,37+,40+,41-,42+/m1/s1. The lowest BCUT2D eigenvalue weighted by molar-refractivity contribution is -0.375. The van der Waals surface area contributed by atoms with Gasteiger partial charge in [0.25, 0.3) is 0 Å². The summed E-state index contributed by atoms with van der Waals surface area (Å²) >= 11 is 0. The minimum absolute atomic E-state index is 0.0931. The molecule has 5 fully saturated rings. The number of allylic oxidation sites excluding steroid dienone is 1. The first-order valence-electron chi connectivity index (χ1n) is 20.9. The number of hydrogen-bond acceptors (Lipinski definition) is 14. The van der Waals surface area contributed by atoms with Crippen LogP contribution in [-0.2, 0) is 23.7 Å². The molecule has 6 rings (SSSR count).